The van der Waals surface area contributed by atoms with Crippen LogP contribution in [0.3, 0.4) is 0 Å². The maximum Gasteiger partial charge on any atom is 0.410 e. The third kappa shape index (κ3) is 6.16. The van der Waals surface area contributed by atoms with E-state index in [0.29, 0.717) is 41.5 Å². The first kappa shape index (κ1) is 27.6. The maximum absolute atomic E-state index is 13.5. The zero-order valence-electron chi connectivity index (χ0n) is 22.4. The largest absolute Gasteiger partial charge is 0.444 e. The van der Waals surface area contributed by atoms with Gasteiger partial charge in [0, 0.05) is 41.2 Å². The van der Waals surface area contributed by atoms with Crippen LogP contribution in [0, 0.1) is 12.8 Å². The van der Waals surface area contributed by atoms with Crippen LogP contribution in [-0.2, 0) is 14.8 Å². The molecule has 0 aliphatic carbocycles. The monoisotopic (exact) mass is 537 g/mol. The molecule has 38 heavy (non-hydrogen) atoms. The maximum atomic E-state index is 13.5. The SMILES string of the molecule is Cc1ccccc1C(=O)Nc1ccc(S(=O)(=O)NC(C)C2CCN(C(=O)OC(C)(C)C)C2)c2ccccc12. The van der Waals surface area contributed by atoms with Crippen molar-refractivity contribution in [3.8, 4) is 0 Å². The Hall–Kier alpha value is -3.43. The van der Waals surface area contributed by atoms with E-state index in [1.54, 1.807) is 41.3 Å². The molecule has 0 radical (unpaired) electrons. The minimum Gasteiger partial charge on any atom is -0.444 e. The molecule has 9 heteroatoms. The molecule has 2 amide bonds. The van der Waals surface area contributed by atoms with Crippen molar-refractivity contribution in [2.45, 2.75) is 57.6 Å². The lowest BCUT2D eigenvalue weighted by molar-refractivity contribution is 0.0286. The number of hydrogen-bond donors (Lipinski definition) is 2. The molecule has 4 rings (SSSR count). The van der Waals surface area contributed by atoms with Gasteiger partial charge in [-0.3, -0.25) is 4.79 Å². The normalized spacial score (nSPS) is 16.9. The van der Waals surface area contributed by atoms with Gasteiger partial charge in [-0.2, -0.15) is 0 Å². The smallest absolute Gasteiger partial charge is 0.410 e. The van der Waals surface area contributed by atoms with Gasteiger partial charge in [-0.25, -0.2) is 17.9 Å². The number of hydrogen-bond acceptors (Lipinski definition) is 5. The summed E-state index contributed by atoms with van der Waals surface area (Å²) in [6.45, 7) is 10.1. The fraction of sp³-hybridized carbons (Fsp3) is 0.379. The van der Waals surface area contributed by atoms with Gasteiger partial charge >= 0.3 is 6.09 Å². The van der Waals surface area contributed by atoms with Crippen LogP contribution < -0.4 is 10.0 Å². The summed E-state index contributed by atoms with van der Waals surface area (Å²) in [5.74, 6) is -0.303. The number of carbonyl (C=O) groups is 2. The van der Waals surface area contributed by atoms with Crippen molar-refractivity contribution in [3.63, 3.8) is 0 Å². The number of nitrogens with zero attached hydrogens (tertiary/aromatic N) is 1. The topological polar surface area (TPSA) is 105 Å². The summed E-state index contributed by atoms with van der Waals surface area (Å²) in [4.78, 5) is 27.1. The van der Waals surface area contributed by atoms with Crippen LogP contribution in [0.4, 0.5) is 10.5 Å². The van der Waals surface area contributed by atoms with Gasteiger partial charge < -0.3 is 15.0 Å². The number of benzene rings is 3. The quantitative estimate of drug-likeness (QED) is 0.443. The van der Waals surface area contributed by atoms with Crippen molar-refractivity contribution in [1.82, 2.24) is 9.62 Å². The van der Waals surface area contributed by atoms with Gasteiger partial charge in [-0.05, 0) is 70.7 Å². The van der Waals surface area contributed by atoms with Gasteiger partial charge in [-0.15, -0.1) is 0 Å². The second-order valence-electron chi connectivity index (χ2n) is 10.8. The summed E-state index contributed by atoms with van der Waals surface area (Å²) in [7, 11) is -3.89. The first-order valence-electron chi connectivity index (χ1n) is 12.7. The predicted octanol–water partition coefficient (Wildman–Crippen LogP) is 5.32. The number of ether oxygens (including phenoxy) is 1. The molecule has 1 aliphatic rings. The zero-order valence-corrected chi connectivity index (χ0v) is 23.3. The van der Waals surface area contributed by atoms with Gasteiger partial charge in [0.25, 0.3) is 5.91 Å². The number of nitrogens with one attached hydrogen (secondary N) is 2. The lowest BCUT2D eigenvalue weighted by atomic mass is 10.0. The molecule has 0 saturated carbocycles. The highest BCUT2D eigenvalue weighted by atomic mass is 32.2. The summed E-state index contributed by atoms with van der Waals surface area (Å²) < 4.78 is 35.3. The van der Waals surface area contributed by atoms with Gasteiger partial charge in [0.2, 0.25) is 10.0 Å². The first-order valence-corrected chi connectivity index (χ1v) is 14.2. The summed E-state index contributed by atoms with van der Waals surface area (Å²) in [6.07, 6.45) is 0.289. The Morgan fingerprint density at radius 2 is 1.66 bits per heavy atom. The third-order valence-electron chi connectivity index (χ3n) is 6.74. The molecule has 202 valence electrons. The summed E-state index contributed by atoms with van der Waals surface area (Å²) in [5, 5.41) is 4.07. The van der Waals surface area contributed by atoms with Gasteiger partial charge in [-0.1, -0.05) is 42.5 Å². The molecule has 8 nitrogen and oxygen atoms in total. The molecular weight excluding hydrogens is 502 g/mol. The molecule has 1 saturated heterocycles. The molecule has 1 fully saturated rings. The Morgan fingerprint density at radius 1 is 1.00 bits per heavy atom. The van der Waals surface area contributed by atoms with E-state index < -0.39 is 21.7 Å². The number of carbonyl (C=O) groups excluding carboxylic acids is 2. The number of likely N-dealkylation sites (tertiary alicyclic amines) is 1. The molecule has 2 atom stereocenters. The molecule has 3 aromatic carbocycles. The molecule has 1 heterocycles. The van der Waals surface area contributed by atoms with Crippen molar-refractivity contribution in [2.75, 3.05) is 18.4 Å². The van der Waals surface area contributed by atoms with E-state index in [4.69, 9.17) is 4.74 Å². The lowest BCUT2D eigenvalue weighted by Crippen LogP contribution is -2.40. The van der Waals surface area contributed by atoms with E-state index in [9.17, 15) is 18.0 Å². The van der Waals surface area contributed by atoms with Crippen molar-refractivity contribution in [3.05, 3.63) is 71.8 Å². The van der Waals surface area contributed by atoms with E-state index in [2.05, 4.69) is 10.0 Å². The molecule has 0 bridgehead atoms. The first-order chi connectivity index (χ1) is 17.9. The molecule has 2 unspecified atom stereocenters. The van der Waals surface area contributed by atoms with Crippen LogP contribution in [0.5, 0.6) is 0 Å². The Labute approximate surface area is 224 Å². The lowest BCUT2D eigenvalue weighted by Gasteiger charge is -2.25. The van der Waals surface area contributed by atoms with E-state index in [0.717, 1.165) is 5.56 Å². The van der Waals surface area contributed by atoms with Crippen LogP contribution in [0.15, 0.2) is 65.6 Å². The summed E-state index contributed by atoms with van der Waals surface area (Å²) >= 11 is 0. The fourth-order valence-corrected chi connectivity index (χ4v) is 6.25. The number of sulfonamides is 1. The third-order valence-corrected chi connectivity index (χ3v) is 8.35. The number of amides is 2. The Balaban J connectivity index is 1.53. The van der Waals surface area contributed by atoms with Crippen LogP contribution in [-0.4, -0.2) is 50.1 Å². The summed E-state index contributed by atoms with van der Waals surface area (Å²) in [5.41, 5.74) is 1.35. The number of anilines is 1. The minimum atomic E-state index is -3.89. The van der Waals surface area contributed by atoms with Gasteiger partial charge in [0.15, 0.2) is 0 Å². The molecule has 0 spiro atoms. The predicted molar refractivity (Wildman–Crippen MR) is 149 cm³/mol. The highest BCUT2D eigenvalue weighted by molar-refractivity contribution is 7.89. The molecule has 0 aromatic heterocycles. The van der Waals surface area contributed by atoms with Crippen molar-refractivity contribution >= 4 is 38.5 Å². The standard InChI is InChI=1S/C29H35N3O5S/c1-19-10-6-7-11-22(19)27(33)30-25-14-15-26(24-13-9-8-12-23(24)25)38(35,36)31-20(2)21-16-17-32(18-21)28(34)37-29(3,4)5/h6-15,20-21,31H,16-18H2,1-5H3,(H,30,33). The average molecular weight is 538 g/mol. The molecule has 2 N–H and O–H groups in total. The van der Waals surface area contributed by atoms with Gasteiger partial charge in [0.05, 0.1) is 4.90 Å². The number of rotatable bonds is 6. The highest BCUT2D eigenvalue weighted by Gasteiger charge is 2.34. The van der Waals surface area contributed by atoms with Crippen LogP contribution in [0.2, 0.25) is 0 Å². The van der Waals surface area contributed by atoms with Gasteiger partial charge in [0.1, 0.15) is 5.60 Å². The Bertz CT molecular complexity index is 1460. The molecule has 1 aliphatic heterocycles. The van der Waals surface area contributed by atoms with Crippen LogP contribution >= 0.6 is 0 Å². The van der Waals surface area contributed by atoms with E-state index >= 15 is 0 Å². The second kappa shape index (κ2) is 10.7. The summed E-state index contributed by atoms with van der Waals surface area (Å²) in [6, 6.07) is 17.1. The van der Waals surface area contributed by atoms with E-state index in [1.807, 2.05) is 52.8 Å². The van der Waals surface area contributed by atoms with E-state index in [-0.39, 0.29) is 22.8 Å². The van der Waals surface area contributed by atoms with E-state index in [1.165, 1.54) is 6.07 Å². The fourth-order valence-electron chi connectivity index (χ4n) is 4.72. The number of aryl methyl sites for hydroxylation is 1. The zero-order chi connectivity index (χ0) is 27.7. The molecule has 3 aromatic rings. The van der Waals surface area contributed by atoms with Crippen LogP contribution in [0.1, 0.15) is 50.0 Å². The minimum absolute atomic E-state index is 0.0452. The Kier molecular flexibility index (Phi) is 7.80. The van der Waals surface area contributed by atoms with Crippen molar-refractivity contribution in [1.29, 1.82) is 0 Å². The van der Waals surface area contributed by atoms with Crippen molar-refractivity contribution < 1.29 is 22.7 Å². The highest BCUT2D eigenvalue weighted by Crippen LogP contribution is 2.31. The second-order valence-corrected chi connectivity index (χ2v) is 12.5. The van der Waals surface area contributed by atoms with Crippen LogP contribution in [0.25, 0.3) is 10.8 Å². The number of fused-ring (bicyclic) bond motifs is 1. The Morgan fingerprint density at radius 3 is 2.34 bits per heavy atom. The average Bonchev–Trinajstić information content (AvgIpc) is 3.34. The molecular formula is C29H35N3O5S. The van der Waals surface area contributed by atoms with Crippen molar-refractivity contribution in [2.24, 2.45) is 5.92 Å².